The van der Waals surface area contributed by atoms with Crippen molar-refractivity contribution in [1.82, 2.24) is 14.3 Å². The van der Waals surface area contributed by atoms with Gasteiger partial charge in [0.05, 0.1) is 19.1 Å². The molecule has 1 heterocycles. The highest BCUT2D eigenvalue weighted by Gasteiger charge is 2.27. The number of H-pyrrole nitrogens is 1. The Morgan fingerprint density at radius 2 is 1.95 bits per heavy atom. The molecule has 1 aromatic heterocycles. The summed E-state index contributed by atoms with van der Waals surface area (Å²) >= 11 is 0. The van der Waals surface area contributed by atoms with Gasteiger partial charge in [-0.2, -0.15) is 4.31 Å². The molecule has 0 fully saturated rings. The second-order valence-electron chi connectivity index (χ2n) is 4.40. The lowest BCUT2D eigenvalue weighted by Crippen LogP contribution is -2.38. The number of hydrogen-bond acceptors (Lipinski definition) is 5. The number of imidazole rings is 1. The Morgan fingerprint density at radius 1 is 1.29 bits per heavy atom. The molecule has 0 aliphatic carbocycles. The number of nitrogen functional groups attached to an aromatic ring is 1. The average Bonchev–Trinajstić information content (AvgIpc) is 2.94. The zero-order valence-electron chi connectivity index (χ0n) is 11.1. The Kier molecular flexibility index (Phi) is 4.24. The summed E-state index contributed by atoms with van der Waals surface area (Å²) in [6.07, 6.45) is 2.42. The number of primary amides is 1. The zero-order valence-corrected chi connectivity index (χ0v) is 11.9. The molecule has 9 heteroatoms. The Balaban J connectivity index is 2.30. The van der Waals surface area contributed by atoms with E-state index in [1.807, 2.05) is 0 Å². The van der Waals surface area contributed by atoms with Gasteiger partial charge >= 0.3 is 0 Å². The summed E-state index contributed by atoms with van der Waals surface area (Å²) in [5, 5.41) is -0.0980. The molecular formula is C12H15N5O3S. The highest BCUT2D eigenvalue weighted by atomic mass is 32.2. The minimum Gasteiger partial charge on any atom is -0.399 e. The van der Waals surface area contributed by atoms with Gasteiger partial charge in [-0.05, 0) is 17.7 Å². The molecule has 2 rings (SSSR count). The van der Waals surface area contributed by atoms with E-state index in [4.69, 9.17) is 11.5 Å². The fourth-order valence-corrected chi connectivity index (χ4v) is 3.04. The monoisotopic (exact) mass is 309 g/mol. The second-order valence-corrected chi connectivity index (χ2v) is 6.30. The van der Waals surface area contributed by atoms with Crippen LogP contribution in [0, 0.1) is 0 Å². The van der Waals surface area contributed by atoms with Crippen molar-refractivity contribution in [2.75, 3.05) is 12.3 Å². The Morgan fingerprint density at radius 3 is 2.48 bits per heavy atom. The predicted molar refractivity (Wildman–Crippen MR) is 76.2 cm³/mol. The van der Waals surface area contributed by atoms with Crippen LogP contribution in [-0.4, -0.2) is 35.1 Å². The number of anilines is 1. The molecule has 0 saturated heterocycles. The van der Waals surface area contributed by atoms with Crippen LogP contribution in [-0.2, 0) is 21.4 Å². The van der Waals surface area contributed by atoms with E-state index in [2.05, 4.69) is 9.97 Å². The molecule has 8 nitrogen and oxygen atoms in total. The quantitative estimate of drug-likeness (QED) is 0.628. The van der Waals surface area contributed by atoms with Gasteiger partial charge in [0.1, 0.15) is 0 Å². The lowest BCUT2D eigenvalue weighted by Gasteiger charge is -2.19. The summed E-state index contributed by atoms with van der Waals surface area (Å²) < 4.78 is 25.8. The number of benzene rings is 1. The Hall–Kier alpha value is -2.39. The highest BCUT2D eigenvalue weighted by Crippen LogP contribution is 2.16. The van der Waals surface area contributed by atoms with Crippen molar-refractivity contribution < 1.29 is 13.2 Å². The van der Waals surface area contributed by atoms with Crippen molar-refractivity contribution in [3.63, 3.8) is 0 Å². The molecule has 1 aromatic carbocycles. The largest absolute Gasteiger partial charge is 0.399 e. The topological polar surface area (TPSA) is 135 Å². The minimum atomic E-state index is -3.88. The molecule has 0 saturated carbocycles. The number of carbonyl (C=O) groups excluding carboxylic acids is 1. The molecule has 0 unspecified atom stereocenters. The molecule has 21 heavy (non-hydrogen) atoms. The van der Waals surface area contributed by atoms with Crippen LogP contribution in [0.1, 0.15) is 5.56 Å². The van der Waals surface area contributed by atoms with E-state index < -0.39 is 22.5 Å². The minimum absolute atomic E-state index is 0.00454. The third-order valence-corrected chi connectivity index (χ3v) is 4.48. The fraction of sp³-hybridized carbons (Fsp3) is 0.167. The molecule has 112 valence electrons. The molecule has 5 N–H and O–H groups in total. The maximum absolute atomic E-state index is 12.4. The molecular weight excluding hydrogens is 294 g/mol. The van der Waals surface area contributed by atoms with Crippen LogP contribution < -0.4 is 11.5 Å². The van der Waals surface area contributed by atoms with Crippen LogP contribution in [0.4, 0.5) is 5.69 Å². The lowest BCUT2D eigenvalue weighted by atomic mass is 10.2. The first-order valence-electron chi connectivity index (χ1n) is 6.01. The molecule has 0 radical (unpaired) electrons. The van der Waals surface area contributed by atoms with Gasteiger partial charge in [0, 0.05) is 12.2 Å². The first-order valence-corrected chi connectivity index (χ1v) is 7.45. The highest BCUT2D eigenvalue weighted by molar-refractivity contribution is 7.89. The smallest absolute Gasteiger partial charge is 0.260 e. The number of aromatic amines is 1. The van der Waals surface area contributed by atoms with Crippen molar-refractivity contribution in [3.05, 3.63) is 42.4 Å². The molecule has 0 spiro atoms. The van der Waals surface area contributed by atoms with Crippen LogP contribution in [0.3, 0.4) is 0 Å². The number of rotatable bonds is 6. The van der Waals surface area contributed by atoms with Gasteiger partial charge in [-0.3, -0.25) is 4.79 Å². The van der Waals surface area contributed by atoms with Gasteiger partial charge in [-0.1, -0.05) is 12.1 Å². The fourth-order valence-electron chi connectivity index (χ4n) is 1.75. The van der Waals surface area contributed by atoms with Crippen molar-refractivity contribution in [2.24, 2.45) is 5.73 Å². The second kappa shape index (κ2) is 5.94. The van der Waals surface area contributed by atoms with E-state index in [-0.39, 0.29) is 11.6 Å². The summed E-state index contributed by atoms with van der Waals surface area (Å²) in [5.41, 5.74) is 12.0. The van der Waals surface area contributed by atoms with E-state index in [1.165, 1.54) is 12.5 Å². The van der Waals surface area contributed by atoms with Crippen LogP contribution >= 0.6 is 0 Å². The first-order chi connectivity index (χ1) is 9.89. The van der Waals surface area contributed by atoms with Gasteiger partial charge in [-0.25, -0.2) is 13.4 Å². The summed E-state index contributed by atoms with van der Waals surface area (Å²) in [6, 6.07) is 6.68. The van der Waals surface area contributed by atoms with Crippen LogP contribution in [0.25, 0.3) is 0 Å². The summed E-state index contributed by atoms with van der Waals surface area (Å²) in [4.78, 5) is 17.3. The lowest BCUT2D eigenvalue weighted by molar-refractivity contribution is -0.118. The first kappa shape index (κ1) is 15.0. The number of amides is 1. The molecule has 0 atom stereocenters. The van der Waals surface area contributed by atoms with Gasteiger partial charge in [0.15, 0.2) is 5.03 Å². The Labute approximate surface area is 121 Å². The maximum Gasteiger partial charge on any atom is 0.260 e. The Bertz CT molecular complexity index is 710. The van der Waals surface area contributed by atoms with Crippen LogP contribution in [0.2, 0.25) is 0 Å². The third-order valence-electron chi connectivity index (χ3n) is 2.76. The molecule has 0 aliphatic heterocycles. The third kappa shape index (κ3) is 3.58. The van der Waals surface area contributed by atoms with E-state index >= 15 is 0 Å². The number of nitrogens with one attached hydrogen (secondary N) is 1. The average molecular weight is 309 g/mol. The van der Waals surface area contributed by atoms with Gasteiger partial charge in [-0.15, -0.1) is 0 Å². The number of nitrogens with zero attached hydrogens (tertiary/aromatic N) is 2. The standard InChI is InChI=1S/C12H15N5O3S/c13-10-3-1-9(2-4-10)6-17(7-11(14)18)21(19,20)12-5-15-8-16-12/h1-5,8H,6-7,13H2,(H2,14,18)(H,15,16). The number of aromatic nitrogens is 2. The van der Waals surface area contributed by atoms with Gasteiger partial charge < -0.3 is 16.5 Å². The van der Waals surface area contributed by atoms with Crippen molar-refractivity contribution in [3.8, 4) is 0 Å². The molecule has 0 aliphatic rings. The van der Waals surface area contributed by atoms with Crippen LogP contribution in [0.5, 0.6) is 0 Å². The number of hydrogen-bond donors (Lipinski definition) is 3. The predicted octanol–water partition coefficient (Wildman–Crippen LogP) is -0.332. The SMILES string of the molecule is NC(=O)CN(Cc1ccc(N)cc1)S(=O)(=O)c1cnc[nH]1. The van der Waals surface area contributed by atoms with Gasteiger partial charge in [0.25, 0.3) is 10.0 Å². The number of nitrogens with two attached hydrogens (primary N) is 2. The maximum atomic E-state index is 12.4. The molecule has 1 amide bonds. The number of carbonyl (C=O) groups is 1. The molecule has 2 aromatic rings. The summed E-state index contributed by atoms with van der Waals surface area (Å²) in [6.45, 7) is -0.420. The normalized spacial score (nSPS) is 11.7. The van der Waals surface area contributed by atoms with E-state index in [0.29, 0.717) is 11.3 Å². The zero-order chi connectivity index (χ0) is 15.5. The summed E-state index contributed by atoms with van der Waals surface area (Å²) in [5.74, 6) is -0.742. The van der Waals surface area contributed by atoms with Gasteiger partial charge in [0.2, 0.25) is 5.91 Å². The van der Waals surface area contributed by atoms with E-state index in [1.54, 1.807) is 24.3 Å². The summed E-state index contributed by atoms with van der Waals surface area (Å²) in [7, 11) is -3.88. The number of sulfonamides is 1. The molecule has 0 bridgehead atoms. The van der Waals surface area contributed by atoms with Crippen LogP contribution in [0.15, 0.2) is 41.8 Å². The van der Waals surface area contributed by atoms with Crippen molar-refractivity contribution in [2.45, 2.75) is 11.6 Å². The van der Waals surface area contributed by atoms with E-state index in [9.17, 15) is 13.2 Å². The van der Waals surface area contributed by atoms with Crippen molar-refractivity contribution in [1.29, 1.82) is 0 Å². The van der Waals surface area contributed by atoms with E-state index in [0.717, 1.165) is 4.31 Å². The van der Waals surface area contributed by atoms with Crippen molar-refractivity contribution >= 4 is 21.6 Å².